The van der Waals surface area contributed by atoms with Crippen LogP contribution in [0.2, 0.25) is 0 Å². The van der Waals surface area contributed by atoms with Crippen LogP contribution in [-0.4, -0.2) is 31.4 Å². The van der Waals surface area contributed by atoms with Crippen molar-refractivity contribution in [2.24, 2.45) is 7.05 Å². The van der Waals surface area contributed by atoms with Crippen LogP contribution in [0, 0.1) is 13.8 Å². The van der Waals surface area contributed by atoms with E-state index in [1.165, 1.54) is 0 Å². The lowest BCUT2D eigenvalue weighted by Crippen LogP contribution is -2.17. The summed E-state index contributed by atoms with van der Waals surface area (Å²) in [6.07, 6.45) is 0. The molecule has 3 rings (SSSR count). The summed E-state index contributed by atoms with van der Waals surface area (Å²) >= 11 is 0. The minimum absolute atomic E-state index is 0.199. The second-order valence-electron chi connectivity index (χ2n) is 5.09. The monoisotopic (exact) mass is 323 g/mol. The zero-order valence-corrected chi connectivity index (χ0v) is 13.4. The minimum Gasteiger partial charge on any atom is -0.486 e. The lowest BCUT2D eigenvalue weighted by molar-refractivity contribution is 0.171. The van der Waals surface area contributed by atoms with E-state index in [9.17, 15) is 8.42 Å². The maximum absolute atomic E-state index is 12.6. The normalized spacial score (nSPS) is 14.0. The predicted octanol–water partition coefficient (Wildman–Crippen LogP) is 1.61. The second-order valence-corrected chi connectivity index (χ2v) is 6.71. The average Bonchev–Trinajstić information content (AvgIpc) is 2.72. The van der Waals surface area contributed by atoms with Crippen molar-refractivity contribution in [3.05, 3.63) is 29.6 Å². The van der Waals surface area contributed by atoms with E-state index in [0.29, 0.717) is 41.8 Å². The largest absolute Gasteiger partial charge is 0.486 e. The molecule has 2 heterocycles. The van der Waals surface area contributed by atoms with Gasteiger partial charge in [-0.3, -0.25) is 9.40 Å². The van der Waals surface area contributed by atoms with Crippen LogP contribution in [0.15, 0.2) is 23.1 Å². The van der Waals surface area contributed by atoms with Crippen molar-refractivity contribution >= 4 is 15.7 Å². The summed E-state index contributed by atoms with van der Waals surface area (Å²) < 4.78 is 40.2. The zero-order chi connectivity index (χ0) is 15.9. The molecular formula is C14H17N3O4S. The Kier molecular flexibility index (Phi) is 3.48. The lowest BCUT2D eigenvalue weighted by atomic mass is 10.3. The number of nitrogens with zero attached hydrogens (tertiary/aromatic N) is 2. The van der Waals surface area contributed by atoms with Gasteiger partial charge in [-0.05, 0) is 26.0 Å². The van der Waals surface area contributed by atoms with Crippen molar-refractivity contribution in [1.82, 2.24) is 9.78 Å². The Labute approximate surface area is 128 Å². The first-order valence-electron chi connectivity index (χ1n) is 6.81. The first kappa shape index (κ1) is 14.7. The highest BCUT2D eigenvalue weighted by Crippen LogP contribution is 2.33. The molecule has 0 saturated carbocycles. The Hall–Kier alpha value is -2.22. The van der Waals surface area contributed by atoms with Gasteiger partial charge in [0, 0.05) is 13.1 Å². The van der Waals surface area contributed by atoms with E-state index in [1.54, 1.807) is 43.8 Å². The molecule has 2 aromatic rings. The highest BCUT2D eigenvalue weighted by molar-refractivity contribution is 7.92. The number of hydrogen-bond donors (Lipinski definition) is 1. The molecule has 118 valence electrons. The average molecular weight is 323 g/mol. The summed E-state index contributed by atoms with van der Waals surface area (Å²) in [7, 11) is -2.00. The second kappa shape index (κ2) is 5.20. The Morgan fingerprint density at radius 3 is 2.50 bits per heavy atom. The van der Waals surface area contributed by atoms with Gasteiger partial charge in [0.15, 0.2) is 11.5 Å². The quantitative estimate of drug-likeness (QED) is 0.928. The molecule has 0 spiro atoms. The van der Waals surface area contributed by atoms with E-state index in [1.807, 2.05) is 0 Å². The standard InChI is InChI=1S/C14H17N3O4S/c1-9-14(10(2)17(3)15-9)22(18,19)16-11-4-5-12-13(8-11)21-7-6-20-12/h4-5,8,16H,6-7H2,1-3H3. The third-order valence-corrected chi connectivity index (χ3v) is 5.14. The number of aromatic nitrogens is 2. The molecule has 0 bridgehead atoms. The number of benzene rings is 1. The smallest absolute Gasteiger partial charge is 0.265 e. The topological polar surface area (TPSA) is 82.5 Å². The van der Waals surface area contributed by atoms with Gasteiger partial charge < -0.3 is 9.47 Å². The number of sulfonamides is 1. The Bertz CT molecular complexity index is 827. The summed E-state index contributed by atoms with van der Waals surface area (Å²) in [5.74, 6) is 1.15. The van der Waals surface area contributed by atoms with Gasteiger partial charge in [-0.1, -0.05) is 0 Å². The number of nitrogens with one attached hydrogen (secondary N) is 1. The molecule has 1 aliphatic rings. The predicted molar refractivity (Wildman–Crippen MR) is 80.9 cm³/mol. The van der Waals surface area contributed by atoms with E-state index in [4.69, 9.17) is 9.47 Å². The maximum Gasteiger partial charge on any atom is 0.265 e. The first-order valence-corrected chi connectivity index (χ1v) is 8.29. The molecule has 0 fully saturated rings. The molecule has 8 heteroatoms. The number of rotatable bonds is 3. The maximum atomic E-state index is 12.6. The molecule has 0 saturated heterocycles. The number of hydrogen-bond acceptors (Lipinski definition) is 5. The molecule has 7 nitrogen and oxygen atoms in total. The van der Waals surface area contributed by atoms with Crippen molar-refractivity contribution in [2.75, 3.05) is 17.9 Å². The molecule has 0 unspecified atom stereocenters. The summed E-state index contributed by atoms with van der Waals surface area (Å²) in [5, 5.41) is 4.14. The number of anilines is 1. The van der Waals surface area contributed by atoms with Gasteiger partial charge >= 0.3 is 0 Å². The molecule has 22 heavy (non-hydrogen) atoms. The molecule has 0 atom stereocenters. The van der Waals surface area contributed by atoms with Crippen LogP contribution in [0.25, 0.3) is 0 Å². The minimum atomic E-state index is -3.71. The fourth-order valence-corrected chi connectivity index (χ4v) is 3.95. The number of ether oxygens (including phenoxy) is 2. The lowest BCUT2D eigenvalue weighted by Gasteiger charge is -2.19. The molecule has 1 aromatic heterocycles. The van der Waals surface area contributed by atoms with Crippen LogP contribution in [0.4, 0.5) is 5.69 Å². The summed E-state index contributed by atoms with van der Waals surface area (Å²) in [4.78, 5) is 0.199. The van der Waals surface area contributed by atoms with Crippen LogP contribution in [0.3, 0.4) is 0 Å². The summed E-state index contributed by atoms with van der Waals surface area (Å²) in [5.41, 5.74) is 1.47. The van der Waals surface area contributed by atoms with Gasteiger partial charge in [-0.25, -0.2) is 8.42 Å². The Morgan fingerprint density at radius 1 is 1.18 bits per heavy atom. The summed E-state index contributed by atoms with van der Waals surface area (Å²) in [6, 6.07) is 4.95. The molecular weight excluding hydrogens is 306 g/mol. The van der Waals surface area contributed by atoms with E-state index in [0.717, 1.165) is 0 Å². The van der Waals surface area contributed by atoms with Gasteiger partial charge in [0.2, 0.25) is 0 Å². The van der Waals surface area contributed by atoms with Crippen molar-refractivity contribution in [3.8, 4) is 11.5 Å². The van der Waals surface area contributed by atoms with E-state index in [2.05, 4.69) is 9.82 Å². The highest BCUT2D eigenvalue weighted by Gasteiger charge is 2.24. The molecule has 0 radical (unpaired) electrons. The number of fused-ring (bicyclic) bond motifs is 1. The SMILES string of the molecule is Cc1nn(C)c(C)c1S(=O)(=O)Nc1ccc2c(c1)OCCO2. The summed E-state index contributed by atoms with van der Waals surface area (Å²) in [6.45, 7) is 4.33. The van der Waals surface area contributed by atoms with Crippen molar-refractivity contribution < 1.29 is 17.9 Å². The fraction of sp³-hybridized carbons (Fsp3) is 0.357. The van der Waals surface area contributed by atoms with Crippen LogP contribution in [0.5, 0.6) is 11.5 Å². The molecule has 0 aliphatic carbocycles. The Balaban J connectivity index is 1.95. The fourth-order valence-electron chi connectivity index (χ4n) is 2.46. The zero-order valence-electron chi connectivity index (χ0n) is 12.6. The van der Waals surface area contributed by atoms with E-state index in [-0.39, 0.29) is 4.90 Å². The van der Waals surface area contributed by atoms with E-state index < -0.39 is 10.0 Å². The molecule has 0 amide bonds. The van der Waals surface area contributed by atoms with Crippen molar-refractivity contribution in [2.45, 2.75) is 18.7 Å². The Morgan fingerprint density at radius 2 is 1.86 bits per heavy atom. The number of aryl methyl sites for hydroxylation is 2. The highest BCUT2D eigenvalue weighted by atomic mass is 32.2. The van der Waals surface area contributed by atoms with E-state index >= 15 is 0 Å². The van der Waals surface area contributed by atoms with Gasteiger partial charge in [-0.15, -0.1) is 0 Å². The molecule has 1 aromatic carbocycles. The third kappa shape index (κ3) is 2.50. The third-order valence-electron chi connectivity index (χ3n) is 3.51. The van der Waals surface area contributed by atoms with Crippen molar-refractivity contribution in [1.29, 1.82) is 0 Å². The molecule has 1 N–H and O–H groups in total. The van der Waals surface area contributed by atoms with Crippen LogP contribution < -0.4 is 14.2 Å². The van der Waals surface area contributed by atoms with Crippen LogP contribution in [-0.2, 0) is 17.1 Å². The van der Waals surface area contributed by atoms with Gasteiger partial charge in [0.05, 0.1) is 17.1 Å². The van der Waals surface area contributed by atoms with Gasteiger partial charge in [0.1, 0.15) is 18.1 Å². The molecule has 1 aliphatic heterocycles. The van der Waals surface area contributed by atoms with Crippen LogP contribution >= 0.6 is 0 Å². The van der Waals surface area contributed by atoms with Crippen LogP contribution in [0.1, 0.15) is 11.4 Å². The van der Waals surface area contributed by atoms with Crippen molar-refractivity contribution in [3.63, 3.8) is 0 Å². The first-order chi connectivity index (χ1) is 10.4. The van der Waals surface area contributed by atoms with Gasteiger partial charge in [-0.2, -0.15) is 5.10 Å². The van der Waals surface area contributed by atoms with Gasteiger partial charge in [0.25, 0.3) is 10.0 Å².